The molecular weight excluding hydrogens is 212 g/mol. The third kappa shape index (κ3) is 2.86. The number of aliphatic hydroxyl groups is 1. The molecule has 17 heavy (non-hydrogen) atoms. The Bertz CT molecular complexity index is 490. The molecule has 0 aromatic carbocycles. The van der Waals surface area contributed by atoms with E-state index >= 15 is 0 Å². The van der Waals surface area contributed by atoms with Crippen molar-refractivity contribution in [2.75, 3.05) is 0 Å². The van der Waals surface area contributed by atoms with E-state index in [0.29, 0.717) is 0 Å². The lowest BCUT2D eigenvalue weighted by Gasteiger charge is -2.07. The molecule has 92 valence electrons. The van der Waals surface area contributed by atoms with Crippen molar-refractivity contribution >= 4 is 10.9 Å². The summed E-state index contributed by atoms with van der Waals surface area (Å²) < 4.78 is 0. The quantitative estimate of drug-likeness (QED) is 0.832. The van der Waals surface area contributed by atoms with Crippen molar-refractivity contribution in [1.82, 2.24) is 9.97 Å². The molecule has 2 rings (SSSR count). The first-order valence-electron chi connectivity index (χ1n) is 6.31. The fourth-order valence-electron chi connectivity index (χ4n) is 2.18. The molecule has 0 saturated carbocycles. The monoisotopic (exact) mass is 232 g/mol. The van der Waals surface area contributed by atoms with Crippen LogP contribution in [0, 0.1) is 6.92 Å². The van der Waals surface area contributed by atoms with E-state index in [0.717, 1.165) is 31.2 Å². The molecule has 1 unspecified atom stereocenters. The van der Waals surface area contributed by atoms with Gasteiger partial charge in [0.2, 0.25) is 0 Å². The maximum absolute atomic E-state index is 9.71. The topological polar surface area (TPSA) is 48.9 Å². The Balaban J connectivity index is 2.07. The summed E-state index contributed by atoms with van der Waals surface area (Å²) in [7, 11) is 0. The van der Waals surface area contributed by atoms with Crippen molar-refractivity contribution in [3.63, 3.8) is 0 Å². The summed E-state index contributed by atoms with van der Waals surface area (Å²) >= 11 is 0. The Kier molecular flexibility index (Phi) is 3.79. The average molecular weight is 232 g/mol. The first-order chi connectivity index (χ1) is 8.20. The number of H-pyrrole nitrogens is 1. The summed E-state index contributed by atoms with van der Waals surface area (Å²) in [5, 5.41) is 10.9. The molecule has 0 aliphatic carbocycles. The van der Waals surface area contributed by atoms with Crippen LogP contribution >= 0.6 is 0 Å². The van der Waals surface area contributed by atoms with Crippen LogP contribution in [0.2, 0.25) is 0 Å². The molecule has 2 aromatic heterocycles. The molecule has 0 radical (unpaired) electrons. The number of hydrogen-bond donors (Lipinski definition) is 2. The van der Waals surface area contributed by atoms with Crippen molar-refractivity contribution in [2.24, 2.45) is 0 Å². The first kappa shape index (κ1) is 12.1. The van der Waals surface area contributed by atoms with E-state index in [2.05, 4.69) is 29.9 Å². The van der Waals surface area contributed by atoms with Gasteiger partial charge in [0, 0.05) is 17.3 Å². The number of fused-ring (bicyclic) bond motifs is 1. The Morgan fingerprint density at radius 1 is 1.35 bits per heavy atom. The van der Waals surface area contributed by atoms with Crippen molar-refractivity contribution in [3.05, 3.63) is 29.7 Å². The standard InChI is InChI=1S/C14H20N2O/c1-3-4-12(17)6-5-11-7-13-10(2)8-15-9-14(13)16-11/h7-9,12,16-17H,3-6H2,1-2H3. The fraction of sp³-hybridized carbons (Fsp3) is 0.500. The van der Waals surface area contributed by atoms with Crippen LogP contribution in [0.25, 0.3) is 10.9 Å². The van der Waals surface area contributed by atoms with E-state index in [9.17, 15) is 5.11 Å². The van der Waals surface area contributed by atoms with Crippen LogP contribution in [0.15, 0.2) is 18.5 Å². The lowest BCUT2D eigenvalue weighted by molar-refractivity contribution is 0.153. The number of aromatic amines is 1. The second-order valence-electron chi connectivity index (χ2n) is 4.69. The summed E-state index contributed by atoms with van der Waals surface area (Å²) in [6.07, 6.45) is 7.21. The molecule has 0 amide bonds. The van der Waals surface area contributed by atoms with Crippen molar-refractivity contribution in [3.8, 4) is 0 Å². The molecule has 0 bridgehead atoms. The molecule has 0 aliphatic heterocycles. The fourth-order valence-corrected chi connectivity index (χ4v) is 2.18. The Labute approximate surface area is 102 Å². The number of aryl methyl sites for hydroxylation is 2. The normalized spacial score (nSPS) is 13.1. The summed E-state index contributed by atoms with van der Waals surface area (Å²) in [5.74, 6) is 0. The van der Waals surface area contributed by atoms with Gasteiger partial charge in [-0.1, -0.05) is 13.3 Å². The van der Waals surface area contributed by atoms with Gasteiger partial charge >= 0.3 is 0 Å². The Morgan fingerprint density at radius 2 is 2.18 bits per heavy atom. The lowest BCUT2D eigenvalue weighted by atomic mass is 10.1. The minimum atomic E-state index is -0.175. The predicted octanol–water partition coefficient (Wildman–Crippen LogP) is 2.96. The van der Waals surface area contributed by atoms with Gasteiger partial charge in [0.15, 0.2) is 0 Å². The van der Waals surface area contributed by atoms with E-state index in [1.807, 2.05) is 12.4 Å². The van der Waals surface area contributed by atoms with Crippen molar-refractivity contribution in [2.45, 2.75) is 45.6 Å². The van der Waals surface area contributed by atoms with Crippen LogP contribution in [0.3, 0.4) is 0 Å². The van der Waals surface area contributed by atoms with Crippen LogP contribution in [-0.2, 0) is 6.42 Å². The van der Waals surface area contributed by atoms with Gasteiger partial charge in [0.05, 0.1) is 17.8 Å². The number of aliphatic hydroxyl groups excluding tert-OH is 1. The van der Waals surface area contributed by atoms with Gasteiger partial charge in [-0.15, -0.1) is 0 Å². The molecule has 0 aliphatic rings. The zero-order valence-corrected chi connectivity index (χ0v) is 10.5. The van der Waals surface area contributed by atoms with Gasteiger partial charge in [-0.25, -0.2) is 0 Å². The second-order valence-corrected chi connectivity index (χ2v) is 4.69. The van der Waals surface area contributed by atoms with Crippen LogP contribution in [-0.4, -0.2) is 21.2 Å². The average Bonchev–Trinajstić information content (AvgIpc) is 2.71. The molecule has 2 aromatic rings. The van der Waals surface area contributed by atoms with Crippen LogP contribution in [0.4, 0.5) is 0 Å². The predicted molar refractivity (Wildman–Crippen MR) is 70.1 cm³/mol. The van der Waals surface area contributed by atoms with E-state index in [4.69, 9.17) is 0 Å². The third-order valence-electron chi connectivity index (χ3n) is 3.17. The van der Waals surface area contributed by atoms with E-state index in [-0.39, 0.29) is 6.10 Å². The zero-order valence-electron chi connectivity index (χ0n) is 10.5. The highest BCUT2D eigenvalue weighted by Crippen LogP contribution is 2.19. The van der Waals surface area contributed by atoms with Gasteiger partial charge in [0.25, 0.3) is 0 Å². The van der Waals surface area contributed by atoms with Gasteiger partial charge in [-0.05, 0) is 37.8 Å². The Hall–Kier alpha value is -1.35. The number of hydrogen-bond acceptors (Lipinski definition) is 2. The van der Waals surface area contributed by atoms with Gasteiger partial charge < -0.3 is 10.1 Å². The van der Waals surface area contributed by atoms with Gasteiger partial charge in [-0.3, -0.25) is 4.98 Å². The molecule has 3 heteroatoms. The summed E-state index contributed by atoms with van der Waals surface area (Å²) in [6, 6.07) is 2.17. The zero-order chi connectivity index (χ0) is 12.3. The summed E-state index contributed by atoms with van der Waals surface area (Å²) in [6.45, 7) is 4.17. The molecule has 1 atom stereocenters. The largest absolute Gasteiger partial charge is 0.393 e. The summed E-state index contributed by atoms with van der Waals surface area (Å²) in [4.78, 5) is 7.53. The molecule has 2 N–H and O–H groups in total. The minimum Gasteiger partial charge on any atom is -0.393 e. The van der Waals surface area contributed by atoms with Crippen molar-refractivity contribution < 1.29 is 5.11 Å². The maximum Gasteiger partial charge on any atom is 0.0645 e. The summed E-state index contributed by atoms with van der Waals surface area (Å²) in [5.41, 5.74) is 3.47. The van der Waals surface area contributed by atoms with Gasteiger partial charge in [-0.2, -0.15) is 0 Å². The second kappa shape index (κ2) is 5.32. The number of pyridine rings is 1. The number of aromatic nitrogens is 2. The van der Waals surface area contributed by atoms with Crippen molar-refractivity contribution in [1.29, 1.82) is 0 Å². The minimum absolute atomic E-state index is 0.175. The highest BCUT2D eigenvalue weighted by molar-refractivity contribution is 5.82. The van der Waals surface area contributed by atoms with Crippen LogP contribution in [0.1, 0.15) is 37.4 Å². The smallest absolute Gasteiger partial charge is 0.0645 e. The molecule has 2 heterocycles. The lowest BCUT2D eigenvalue weighted by Crippen LogP contribution is -2.07. The van der Waals surface area contributed by atoms with Crippen LogP contribution < -0.4 is 0 Å². The van der Waals surface area contributed by atoms with Gasteiger partial charge in [0.1, 0.15) is 0 Å². The highest BCUT2D eigenvalue weighted by Gasteiger charge is 2.06. The molecule has 0 fully saturated rings. The van der Waals surface area contributed by atoms with E-state index in [1.165, 1.54) is 16.6 Å². The number of rotatable bonds is 5. The SMILES string of the molecule is CCCC(O)CCc1cc2c(C)cncc2[nH]1. The van der Waals surface area contributed by atoms with Crippen LogP contribution in [0.5, 0.6) is 0 Å². The maximum atomic E-state index is 9.71. The Morgan fingerprint density at radius 3 is 2.88 bits per heavy atom. The molecule has 0 saturated heterocycles. The highest BCUT2D eigenvalue weighted by atomic mass is 16.3. The molecule has 3 nitrogen and oxygen atoms in total. The van der Waals surface area contributed by atoms with E-state index < -0.39 is 0 Å². The number of nitrogens with one attached hydrogen (secondary N) is 1. The first-order valence-corrected chi connectivity index (χ1v) is 6.31. The number of nitrogens with zero attached hydrogens (tertiary/aromatic N) is 1. The third-order valence-corrected chi connectivity index (χ3v) is 3.17. The molecular formula is C14H20N2O. The van der Waals surface area contributed by atoms with E-state index in [1.54, 1.807) is 0 Å². The molecule has 0 spiro atoms.